The fourth-order valence-corrected chi connectivity index (χ4v) is 3.92. The fourth-order valence-electron chi connectivity index (χ4n) is 3.16. The molecule has 0 radical (unpaired) electrons. The molecule has 0 bridgehead atoms. The molecule has 0 amide bonds. The van der Waals surface area contributed by atoms with E-state index in [0.717, 1.165) is 27.4 Å². The normalized spacial score (nSPS) is 11.9. The molecule has 0 saturated heterocycles. The van der Waals surface area contributed by atoms with Crippen LogP contribution in [0, 0.1) is 0 Å². The SMILES string of the molecule is Cn1c(SCc2nc(N)c3ccccc3n2)nnc1-c1ccc(C(C)(C)C)cc1. The van der Waals surface area contributed by atoms with Gasteiger partial charge in [-0.3, -0.25) is 0 Å². The maximum absolute atomic E-state index is 6.09. The number of para-hydroxylation sites is 1. The maximum Gasteiger partial charge on any atom is 0.191 e. The van der Waals surface area contributed by atoms with Gasteiger partial charge in [-0.1, -0.05) is 68.9 Å². The van der Waals surface area contributed by atoms with Crippen LogP contribution < -0.4 is 5.73 Å². The van der Waals surface area contributed by atoms with Crippen LogP contribution in [0.25, 0.3) is 22.3 Å². The Bertz CT molecular complexity index is 1160. The highest BCUT2D eigenvalue weighted by molar-refractivity contribution is 7.98. The van der Waals surface area contributed by atoms with Gasteiger partial charge < -0.3 is 10.3 Å². The van der Waals surface area contributed by atoms with Crippen LogP contribution >= 0.6 is 11.8 Å². The van der Waals surface area contributed by atoms with Crippen LogP contribution in [0.15, 0.2) is 53.7 Å². The Hall–Kier alpha value is -2.93. The summed E-state index contributed by atoms with van der Waals surface area (Å²) in [4.78, 5) is 9.04. The summed E-state index contributed by atoms with van der Waals surface area (Å²) in [5, 5.41) is 10.4. The highest BCUT2D eigenvalue weighted by Crippen LogP contribution is 2.28. The van der Waals surface area contributed by atoms with E-state index in [-0.39, 0.29) is 5.41 Å². The molecular formula is C22H24N6S. The molecule has 0 unspecified atom stereocenters. The zero-order valence-corrected chi connectivity index (χ0v) is 17.9. The number of aromatic nitrogens is 5. The number of benzene rings is 2. The summed E-state index contributed by atoms with van der Waals surface area (Å²) in [6.45, 7) is 6.63. The Morgan fingerprint density at radius 2 is 1.69 bits per heavy atom. The fraction of sp³-hybridized carbons (Fsp3) is 0.273. The third-order valence-electron chi connectivity index (χ3n) is 4.85. The van der Waals surface area contributed by atoms with Gasteiger partial charge >= 0.3 is 0 Å². The lowest BCUT2D eigenvalue weighted by Crippen LogP contribution is -2.10. The van der Waals surface area contributed by atoms with Gasteiger partial charge in [0.15, 0.2) is 11.0 Å². The van der Waals surface area contributed by atoms with Crippen LogP contribution in [0.4, 0.5) is 5.82 Å². The van der Waals surface area contributed by atoms with Crippen LogP contribution in [0.3, 0.4) is 0 Å². The van der Waals surface area contributed by atoms with E-state index in [1.165, 1.54) is 5.56 Å². The minimum atomic E-state index is 0.126. The minimum absolute atomic E-state index is 0.126. The summed E-state index contributed by atoms with van der Waals surface area (Å²) in [6, 6.07) is 16.3. The number of fused-ring (bicyclic) bond motifs is 1. The number of hydrogen-bond donors (Lipinski definition) is 1. The van der Waals surface area contributed by atoms with Gasteiger partial charge in [0.25, 0.3) is 0 Å². The molecule has 0 aliphatic heterocycles. The summed E-state index contributed by atoms with van der Waals surface area (Å²) in [5.41, 5.74) is 9.41. The van der Waals surface area contributed by atoms with Crippen molar-refractivity contribution in [3.05, 3.63) is 59.9 Å². The Kier molecular flexibility index (Phi) is 5.00. The lowest BCUT2D eigenvalue weighted by Gasteiger charge is -2.19. The molecule has 0 atom stereocenters. The molecule has 2 aromatic carbocycles. The average Bonchev–Trinajstić information content (AvgIpc) is 3.06. The molecule has 29 heavy (non-hydrogen) atoms. The number of hydrogen-bond acceptors (Lipinski definition) is 6. The summed E-state index contributed by atoms with van der Waals surface area (Å²) < 4.78 is 2.00. The van der Waals surface area contributed by atoms with E-state index in [1.54, 1.807) is 11.8 Å². The van der Waals surface area contributed by atoms with E-state index in [4.69, 9.17) is 5.73 Å². The molecule has 6 nitrogen and oxygen atoms in total. The number of thioether (sulfide) groups is 1. The molecule has 2 heterocycles. The second kappa shape index (κ2) is 7.48. The van der Waals surface area contributed by atoms with Crippen molar-refractivity contribution >= 4 is 28.5 Å². The topological polar surface area (TPSA) is 82.5 Å². The van der Waals surface area contributed by atoms with Crippen molar-refractivity contribution in [2.45, 2.75) is 37.1 Å². The molecule has 0 spiro atoms. The van der Waals surface area contributed by atoms with Crippen molar-refractivity contribution in [1.29, 1.82) is 0 Å². The lowest BCUT2D eigenvalue weighted by molar-refractivity contribution is 0.590. The van der Waals surface area contributed by atoms with Crippen molar-refractivity contribution < 1.29 is 0 Å². The van der Waals surface area contributed by atoms with Gasteiger partial charge in [0.2, 0.25) is 0 Å². The zero-order valence-electron chi connectivity index (χ0n) is 17.0. The highest BCUT2D eigenvalue weighted by Gasteiger charge is 2.16. The van der Waals surface area contributed by atoms with Crippen molar-refractivity contribution in [1.82, 2.24) is 24.7 Å². The summed E-state index contributed by atoms with van der Waals surface area (Å²) in [7, 11) is 1.98. The molecular weight excluding hydrogens is 380 g/mol. The summed E-state index contributed by atoms with van der Waals surface area (Å²) in [6.07, 6.45) is 0. The first kappa shape index (κ1) is 19.4. The van der Waals surface area contributed by atoms with Gasteiger partial charge in [0, 0.05) is 18.0 Å². The van der Waals surface area contributed by atoms with Crippen molar-refractivity contribution in [3.8, 4) is 11.4 Å². The molecule has 0 saturated carbocycles. The number of rotatable bonds is 4. The monoisotopic (exact) mass is 404 g/mol. The van der Waals surface area contributed by atoms with Crippen LogP contribution in [0.2, 0.25) is 0 Å². The molecule has 0 aliphatic rings. The van der Waals surface area contributed by atoms with Crippen LogP contribution in [0.5, 0.6) is 0 Å². The van der Waals surface area contributed by atoms with Gasteiger partial charge in [0.05, 0.1) is 11.3 Å². The standard InChI is InChI=1S/C22H24N6S/c1-22(2,3)15-11-9-14(10-12-15)20-26-27-21(28(20)4)29-13-18-24-17-8-6-5-7-16(17)19(23)25-18/h5-12H,13H2,1-4H3,(H2,23,24,25). The Morgan fingerprint density at radius 1 is 0.966 bits per heavy atom. The Balaban J connectivity index is 1.54. The molecule has 2 N–H and O–H groups in total. The van der Waals surface area contributed by atoms with Crippen molar-refractivity contribution in [3.63, 3.8) is 0 Å². The Labute approximate surface area is 174 Å². The molecule has 0 aliphatic carbocycles. The van der Waals surface area contributed by atoms with Crippen LogP contribution in [0.1, 0.15) is 32.2 Å². The van der Waals surface area contributed by atoms with E-state index < -0.39 is 0 Å². The minimum Gasteiger partial charge on any atom is -0.383 e. The second-order valence-electron chi connectivity index (χ2n) is 8.02. The van der Waals surface area contributed by atoms with Crippen LogP contribution in [-0.2, 0) is 18.2 Å². The van der Waals surface area contributed by atoms with E-state index in [9.17, 15) is 0 Å². The lowest BCUT2D eigenvalue weighted by atomic mass is 9.87. The van der Waals surface area contributed by atoms with Gasteiger partial charge in [-0.05, 0) is 23.1 Å². The molecule has 7 heteroatoms. The molecule has 148 valence electrons. The molecule has 2 aromatic heterocycles. The molecule has 4 aromatic rings. The number of nitrogens with zero attached hydrogens (tertiary/aromatic N) is 5. The predicted octanol–water partition coefficient (Wildman–Crippen LogP) is 4.60. The van der Waals surface area contributed by atoms with Gasteiger partial charge in [-0.25, -0.2) is 9.97 Å². The smallest absolute Gasteiger partial charge is 0.191 e. The Morgan fingerprint density at radius 3 is 2.41 bits per heavy atom. The molecule has 4 rings (SSSR count). The predicted molar refractivity (Wildman–Crippen MR) is 119 cm³/mol. The maximum atomic E-state index is 6.09. The van der Waals surface area contributed by atoms with E-state index in [1.807, 2.05) is 35.9 Å². The van der Waals surface area contributed by atoms with E-state index in [2.05, 4.69) is 65.2 Å². The number of anilines is 1. The first-order valence-electron chi connectivity index (χ1n) is 9.47. The largest absolute Gasteiger partial charge is 0.383 e. The van der Waals surface area contributed by atoms with Gasteiger partial charge in [0.1, 0.15) is 11.6 Å². The quantitative estimate of drug-likeness (QED) is 0.501. The van der Waals surface area contributed by atoms with E-state index >= 15 is 0 Å². The zero-order chi connectivity index (χ0) is 20.6. The van der Waals surface area contributed by atoms with Gasteiger partial charge in [-0.15, -0.1) is 10.2 Å². The first-order valence-corrected chi connectivity index (χ1v) is 10.5. The van der Waals surface area contributed by atoms with Crippen molar-refractivity contribution in [2.75, 3.05) is 5.73 Å². The van der Waals surface area contributed by atoms with E-state index in [0.29, 0.717) is 17.4 Å². The highest BCUT2D eigenvalue weighted by atomic mass is 32.2. The first-order chi connectivity index (χ1) is 13.8. The van der Waals surface area contributed by atoms with Crippen molar-refractivity contribution in [2.24, 2.45) is 7.05 Å². The number of nitrogen functional groups attached to an aromatic ring is 1. The number of nitrogens with two attached hydrogens (primary N) is 1. The van der Waals surface area contributed by atoms with Crippen LogP contribution in [-0.4, -0.2) is 24.7 Å². The van der Waals surface area contributed by atoms with Gasteiger partial charge in [-0.2, -0.15) is 0 Å². The second-order valence-corrected chi connectivity index (χ2v) is 8.97. The summed E-state index contributed by atoms with van der Waals surface area (Å²) in [5.74, 6) is 2.60. The average molecular weight is 405 g/mol. The molecule has 0 fully saturated rings. The third kappa shape index (κ3) is 3.96. The third-order valence-corrected chi connectivity index (χ3v) is 5.87. The summed E-state index contributed by atoms with van der Waals surface area (Å²) >= 11 is 1.55.